The number of ether oxygens (including phenoxy) is 1. The lowest BCUT2D eigenvalue weighted by Gasteiger charge is -2.18. The van der Waals surface area contributed by atoms with Crippen LogP contribution in [-0.4, -0.2) is 20.3 Å². The maximum atomic E-state index is 5.18. The third-order valence-electron chi connectivity index (χ3n) is 2.95. The average Bonchev–Trinajstić information content (AvgIpc) is 2.35. The smallest absolute Gasteiger partial charge is 0.0480 e. The van der Waals surface area contributed by atoms with Crippen molar-refractivity contribution < 1.29 is 4.74 Å². The molecule has 0 saturated carbocycles. The van der Waals surface area contributed by atoms with Crippen molar-refractivity contribution >= 4 is 0 Å². The average molecular weight is 235 g/mol. The highest BCUT2D eigenvalue weighted by Gasteiger charge is 2.09. The van der Waals surface area contributed by atoms with E-state index in [4.69, 9.17) is 4.74 Å². The summed E-state index contributed by atoms with van der Waals surface area (Å²) >= 11 is 0. The van der Waals surface area contributed by atoms with Gasteiger partial charge in [-0.3, -0.25) is 0 Å². The Hall–Kier alpha value is -0.860. The summed E-state index contributed by atoms with van der Waals surface area (Å²) in [5.74, 6) is 0. The van der Waals surface area contributed by atoms with Gasteiger partial charge in [-0.15, -0.1) is 0 Å². The van der Waals surface area contributed by atoms with E-state index in [1.54, 1.807) is 7.11 Å². The van der Waals surface area contributed by atoms with Crippen molar-refractivity contribution in [3.8, 4) is 0 Å². The normalized spacial score (nSPS) is 12.6. The van der Waals surface area contributed by atoms with E-state index in [2.05, 4.69) is 43.4 Å². The standard InChI is InChI=1S/C15H25NO/c1-4-7-13-8-6-9-14(12-13)15(16-5-2)10-11-17-3/h6,8-9,12,15-16H,4-5,7,10-11H2,1-3H3. The predicted molar refractivity (Wildman–Crippen MR) is 73.3 cm³/mol. The monoisotopic (exact) mass is 235 g/mol. The van der Waals surface area contributed by atoms with Gasteiger partial charge in [0.05, 0.1) is 0 Å². The number of nitrogens with one attached hydrogen (secondary N) is 1. The van der Waals surface area contributed by atoms with Crippen LogP contribution >= 0.6 is 0 Å². The SMILES string of the molecule is CCCc1cccc(C(CCOC)NCC)c1. The van der Waals surface area contributed by atoms with Crippen LogP contribution in [0.15, 0.2) is 24.3 Å². The third kappa shape index (κ3) is 4.88. The van der Waals surface area contributed by atoms with Crippen LogP contribution < -0.4 is 5.32 Å². The zero-order valence-corrected chi connectivity index (χ0v) is 11.3. The molecule has 96 valence electrons. The van der Waals surface area contributed by atoms with Gasteiger partial charge in [0.25, 0.3) is 0 Å². The van der Waals surface area contributed by atoms with Crippen molar-refractivity contribution in [3.63, 3.8) is 0 Å². The zero-order valence-electron chi connectivity index (χ0n) is 11.3. The van der Waals surface area contributed by atoms with E-state index >= 15 is 0 Å². The van der Waals surface area contributed by atoms with Gasteiger partial charge in [-0.25, -0.2) is 0 Å². The molecule has 0 saturated heterocycles. The number of aryl methyl sites for hydroxylation is 1. The zero-order chi connectivity index (χ0) is 12.5. The van der Waals surface area contributed by atoms with Gasteiger partial charge in [-0.2, -0.15) is 0 Å². The van der Waals surface area contributed by atoms with E-state index in [0.717, 1.165) is 26.0 Å². The van der Waals surface area contributed by atoms with Crippen molar-refractivity contribution in [1.29, 1.82) is 0 Å². The quantitative estimate of drug-likeness (QED) is 0.746. The van der Waals surface area contributed by atoms with Crippen LogP contribution in [0.25, 0.3) is 0 Å². The van der Waals surface area contributed by atoms with Crippen LogP contribution in [0.3, 0.4) is 0 Å². The second-order valence-electron chi connectivity index (χ2n) is 4.39. The van der Waals surface area contributed by atoms with Crippen molar-refractivity contribution in [1.82, 2.24) is 5.32 Å². The molecule has 0 heterocycles. The molecule has 2 heteroatoms. The second kappa shape index (κ2) is 8.26. The van der Waals surface area contributed by atoms with E-state index in [1.165, 1.54) is 17.5 Å². The Kier molecular flexibility index (Phi) is 6.90. The van der Waals surface area contributed by atoms with Gasteiger partial charge in [-0.05, 0) is 30.5 Å². The first-order valence-electron chi connectivity index (χ1n) is 6.63. The van der Waals surface area contributed by atoms with Crippen LogP contribution in [0.1, 0.15) is 43.9 Å². The number of hydrogen-bond acceptors (Lipinski definition) is 2. The molecule has 0 bridgehead atoms. The van der Waals surface area contributed by atoms with Crippen LogP contribution in [0.5, 0.6) is 0 Å². The summed E-state index contributed by atoms with van der Waals surface area (Å²) in [6.45, 7) is 6.16. The minimum absolute atomic E-state index is 0.414. The lowest BCUT2D eigenvalue weighted by Crippen LogP contribution is -2.22. The molecule has 0 aromatic heterocycles. The lowest BCUT2D eigenvalue weighted by atomic mass is 10.00. The summed E-state index contributed by atoms with van der Waals surface area (Å²) in [5.41, 5.74) is 2.82. The Morgan fingerprint density at radius 3 is 2.76 bits per heavy atom. The minimum atomic E-state index is 0.414. The summed E-state index contributed by atoms with van der Waals surface area (Å²) in [7, 11) is 1.76. The minimum Gasteiger partial charge on any atom is -0.385 e. The first-order valence-corrected chi connectivity index (χ1v) is 6.63. The highest BCUT2D eigenvalue weighted by Crippen LogP contribution is 2.18. The maximum Gasteiger partial charge on any atom is 0.0480 e. The second-order valence-corrected chi connectivity index (χ2v) is 4.39. The molecule has 0 spiro atoms. The van der Waals surface area contributed by atoms with Gasteiger partial charge in [-0.1, -0.05) is 44.5 Å². The molecular weight excluding hydrogens is 210 g/mol. The molecule has 1 N–H and O–H groups in total. The fourth-order valence-corrected chi connectivity index (χ4v) is 2.12. The van der Waals surface area contributed by atoms with Gasteiger partial charge in [0.1, 0.15) is 0 Å². The van der Waals surface area contributed by atoms with Gasteiger partial charge in [0, 0.05) is 19.8 Å². The van der Waals surface area contributed by atoms with Gasteiger partial charge >= 0.3 is 0 Å². The summed E-state index contributed by atoms with van der Waals surface area (Å²) in [5, 5.41) is 3.52. The third-order valence-corrected chi connectivity index (χ3v) is 2.95. The molecule has 0 fully saturated rings. The largest absolute Gasteiger partial charge is 0.385 e. The first-order chi connectivity index (χ1) is 8.31. The summed E-state index contributed by atoms with van der Waals surface area (Å²) in [6.07, 6.45) is 3.39. The highest BCUT2D eigenvalue weighted by molar-refractivity contribution is 5.26. The lowest BCUT2D eigenvalue weighted by molar-refractivity contribution is 0.183. The maximum absolute atomic E-state index is 5.18. The summed E-state index contributed by atoms with van der Waals surface area (Å²) in [6, 6.07) is 9.33. The van der Waals surface area contributed by atoms with Gasteiger partial charge in [0.2, 0.25) is 0 Å². The Balaban J connectivity index is 2.73. The molecule has 0 aliphatic carbocycles. The number of methoxy groups -OCH3 is 1. The molecule has 1 aromatic rings. The van der Waals surface area contributed by atoms with E-state index in [-0.39, 0.29) is 0 Å². The highest BCUT2D eigenvalue weighted by atomic mass is 16.5. The topological polar surface area (TPSA) is 21.3 Å². The molecule has 0 aliphatic rings. The predicted octanol–water partition coefficient (Wildman–Crippen LogP) is 3.33. The van der Waals surface area contributed by atoms with Crippen LogP contribution in [0.4, 0.5) is 0 Å². The molecule has 0 radical (unpaired) electrons. The fraction of sp³-hybridized carbons (Fsp3) is 0.600. The molecule has 1 aromatic carbocycles. The van der Waals surface area contributed by atoms with Crippen molar-refractivity contribution in [2.75, 3.05) is 20.3 Å². The number of benzene rings is 1. The first kappa shape index (κ1) is 14.2. The number of rotatable bonds is 8. The van der Waals surface area contributed by atoms with E-state index in [0.29, 0.717) is 6.04 Å². The van der Waals surface area contributed by atoms with Crippen molar-refractivity contribution in [2.24, 2.45) is 0 Å². The Labute approximate surface area is 105 Å². The molecule has 0 aliphatic heterocycles. The summed E-state index contributed by atoms with van der Waals surface area (Å²) in [4.78, 5) is 0. The van der Waals surface area contributed by atoms with Gasteiger partial charge in [0.15, 0.2) is 0 Å². The Morgan fingerprint density at radius 2 is 2.12 bits per heavy atom. The van der Waals surface area contributed by atoms with Crippen molar-refractivity contribution in [3.05, 3.63) is 35.4 Å². The Bertz CT molecular complexity index is 312. The van der Waals surface area contributed by atoms with E-state index in [1.807, 2.05) is 0 Å². The van der Waals surface area contributed by atoms with Crippen LogP contribution in [-0.2, 0) is 11.2 Å². The van der Waals surface area contributed by atoms with E-state index < -0.39 is 0 Å². The van der Waals surface area contributed by atoms with E-state index in [9.17, 15) is 0 Å². The molecule has 2 nitrogen and oxygen atoms in total. The molecule has 1 unspecified atom stereocenters. The molecule has 0 amide bonds. The molecule has 1 atom stereocenters. The molecule has 1 rings (SSSR count). The number of hydrogen-bond donors (Lipinski definition) is 1. The van der Waals surface area contributed by atoms with Crippen LogP contribution in [0, 0.1) is 0 Å². The van der Waals surface area contributed by atoms with Crippen LogP contribution in [0.2, 0.25) is 0 Å². The van der Waals surface area contributed by atoms with Crippen molar-refractivity contribution in [2.45, 2.75) is 39.2 Å². The molecule has 17 heavy (non-hydrogen) atoms. The summed E-state index contributed by atoms with van der Waals surface area (Å²) < 4.78 is 5.18. The molecular formula is C15H25NO. The van der Waals surface area contributed by atoms with Gasteiger partial charge < -0.3 is 10.1 Å². The fourth-order valence-electron chi connectivity index (χ4n) is 2.12. The Morgan fingerprint density at radius 1 is 1.29 bits per heavy atom.